The summed E-state index contributed by atoms with van der Waals surface area (Å²) in [4.78, 5) is 68.6. The van der Waals surface area contributed by atoms with Gasteiger partial charge in [-0.25, -0.2) is 0 Å². The number of esters is 6. The van der Waals surface area contributed by atoms with E-state index < -0.39 is 0 Å². The van der Waals surface area contributed by atoms with Crippen LogP contribution in [0.4, 0.5) is 0 Å². The van der Waals surface area contributed by atoms with Crippen molar-refractivity contribution in [2.24, 2.45) is 0 Å². The maximum Gasteiger partial charge on any atom is 0 e. The Balaban J connectivity index is -0.000000104. The molecule has 0 fully saturated rings. The van der Waals surface area contributed by atoms with Gasteiger partial charge in [-0.15, -0.1) is 0 Å². The van der Waals surface area contributed by atoms with Gasteiger partial charge in [0.1, 0.15) is 0 Å². The van der Waals surface area contributed by atoms with Crippen LogP contribution < -0.4 is 0 Å². The van der Waals surface area contributed by atoms with E-state index >= 15 is 0 Å². The average molecular weight is 1260 g/mol. The van der Waals surface area contributed by atoms with Crippen LogP contribution in [-0.4, -0.2) is 111 Å². The smallest absolute Gasteiger partial charge is 0 e. The predicted octanol–water partition coefficient (Wildman–Crippen LogP) is 14.3. The van der Waals surface area contributed by atoms with Crippen LogP contribution >= 0.6 is 0 Å². The molecular weight excluding hydrogens is 1160 g/mol. The summed E-state index contributed by atoms with van der Waals surface area (Å²) in [6.45, 7) is 13.0. The SMILES string of the molecule is CCCCCCCC(=O)OC(=O)CCCCCCC.CCCCCCCC(=O)OC(=O)CCCCCCC.CCCCCCCCCCCC(=O)OC(=O)CCCCCCC.[Co].[KH].[Mn].[Mn].[SnH2].[Zn]. The molecule has 0 saturated carbocycles. The minimum Gasteiger partial charge on any atom is 0 e. The van der Waals surface area contributed by atoms with Crippen LogP contribution in [0, 0.1) is 0 Å². The molecule has 0 amide bonds. The molecule has 5 radical (unpaired) electrons. The Morgan fingerprint density at radius 2 is 0.358 bits per heavy atom. The van der Waals surface area contributed by atoms with Gasteiger partial charge in [0.25, 0.3) is 0 Å². The van der Waals surface area contributed by atoms with E-state index in [-0.39, 0.29) is 182 Å². The summed E-state index contributed by atoms with van der Waals surface area (Å²) in [6.07, 6.45) is 40.6. The molecular formula is C52H101CoKMn2O9SnZn. The van der Waals surface area contributed by atoms with Gasteiger partial charge < -0.3 is 14.2 Å². The summed E-state index contributed by atoms with van der Waals surface area (Å²) in [5, 5.41) is 0. The van der Waals surface area contributed by atoms with Gasteiger partial charge in [-0.1, -0.05) is 221 Å². The van der Waals surface area contributed by atoms with Gasteiger partial charge in [-0.3, -0.25) is 28.8 Å². The predicted molar refractivity (Wildman–Crippen MR) is 268 cm³/mol. The molecule has 0 rings (SSSR count). The Labute approximate surface area is 516 Å². The first-order chi connectivity index (χ1) is 29.6. The molecule has 393 valence electrons. The Morgan fingerprint density at radius 1 is 0.254 bits per heavy atom. The molecule has 0 aliphatic carbocycles. The van der Waals surface area contributed by atoms with Gasteiger partial charge in [0, 0.05) is 109 Å². The molecule has 67 heavy (non-hydrogen) atoms. The van der Waals surface area contributed by atoms with Crippen molar-refractivity contribution in [1.29, 1.82) is 0 Å². The first kappa shape index (κ1) is 88.6. The molecule has 0 unspecified atom stereocenters. The molecule has 15 heteroatoms. The van der Waals surface area contributed by atoms with Gasteiger partial charge in [0.2, 0.25) is 0 Å². The van der Waals surface area contributed by atoms with Crippen molar-refractivity contribution in [3.63, 3.8) is 0 Å². The fraction of sp³-hybridized carbons (Fsp3) is 0.885. The number of hydrogen-bond acceptors (Lipinski definition) is 9. The summed E-state index contributed by atoms with van der Waals surface area (Å²) in [5.41, 5.74) is 0. The Bertz CT molecular complexity index is 953. The quantitative estimate of drug-likeness (QED) is 0.0193. The van der Waals surface area contributed by atoms with Crippen LogP contribution in [0.3, 0.4) is 0 Å². The zero-order valence-corrected chi connectivity index (χ0v) is 53.9. The monoisotopic (exact) mass is 1260 g/mol. The second kappa shape index (κ2) is 76.9. The molecule has 0 N–H and O–H groups in total. The molecule has 0 atom stereocenters. The molecule has 0 aliphatic rings. The maximum absolute atomic E-state index is 11.6. The average Bonchev–Trinajstić information content (AvgIpc) is 3.23. The number of rotatable bonds is 40. The Hall–Kier alpha value is 2.02. The van der Waals surface area contributed by atoms with Crippen molar-refractivity contribution in [2.75, 3.05) is 0 Å². The zero-order chi connectivity index (χ0) is 45.9. The second-order valence-electron chi connectivity index (χ2n) is 16.9. The first-order valence-corrected chi connectivity index (χ1v) is 25.8. The number of hydrogen-bond donors (Lipinski definition) is 0. The van der Waals surface area contributed by atoms with E-state index in [2.05, 4.69) is 41.5 Å². The Kier molecular flexibility index (Phi) is 102. The summed E-state index contributed by atoms with van der Waals surface area (Å²) in [6, 6.07) is 0. The van der Waals surface area contributed by atoms with E-state index in [0.29, 0.717) is 38.5 Å². The van der Waals surface area contributed by atoms with Crippen molar-refractivity contribution in [2.45, 2.75) is 298 Å². The normalized spacial score (nSPS) is 9.58. The van der Waals surface area contributed by atoms with Gasteiger partial charge in [0.05, 0.1) is 0 Å². The minimum atomic E-state index is -0.352. The van der Waals surface area contributed by atoms with Crippen molar-refractivity contribution in [3.8, 4) is 0 Å². The summed E-state index contributed by atoms with van der Waals surface area (Å²) in [7, 11) is 0. The molecule has 0 saturated heterocycles. The fourth-order valence-electron chi connectivity index (χ4n) is 6.63. The van der Waals surface area contributed by atoms with Gasteiger partial charge >= 0.3 is 111 Å². The Morgan fingerprint density at radius 3 is 0.478 bits per heavy atom. The molecule has 0 spiro atoms. The van der Waals surface area contributed by atoms with Crippen LogP contribution in [-0.2, 0) is 113 Å². The van der Waals surface area contributed by atoms with E-state index in [0.717, 1.165) is 109 Å². The van der Waals surface area contributed by atoms with Crippen LogP contribution in [0.2, 0.25) is 0 Å². The van der Waals surface area contributed by atoms with Crippen molar-refractivity contribution >= 4 is 111 Å². The summed E-state index contributed by atoms with van der Waals surface area (Å²) >= 11 is 0. The molecule has 9 nitrogen and oxygen atoms in total. The third kappa shape index (κ3) is 82.3. The molecule has 0 aliphatic heterocycles. The fourth-order valence-corrected chi connectivity index (χ4v) is 6.63. The van der Waals surface area contributed by atoms with Crippen LogP contribution in [0.1, 0.15) is 298 Å². The largest absolute Gasteiger partial charge is 0 e. The molecule has 0 aromatic carbocycles. The van der Waals surface area contributed by atoms with E-state index in [1.165, 1.54) is 109 Å². The first-order valence-electron chi connectivity index (χ1n) is 25.8. The van der Waals surface area contributed by atoms with Crippen molar-refractivity contribution in [1.82, 2.24) is 0 Å². The van der Waals surface area contributed by atoms with Crippen LogP contribution in [0.25, 0.3) is 0 Å². The zero-order valence-electron chi connectivity index (χ0n) is 43.5. The standard InChI is InChI=1S/C20H38O3.2C16H30O3.Co.K.2Mn.Sn.Zn.3H/c1-3-5-7-9-10-11-12-14-16-18-20(22)23-19(21)17-15-13-8-6-4-2;2*1-3-5-7-9-11-13-15(17)19-16(18)14-12-10-8-6-4-2;;;;;;;;;/h3-18H2,1-2H3;2*3-14H2,1-2H3;;;;;;;;;. The number of carbonyl (C=O) groups is 6. The van der Waals surface area contributed by atoms with Gasteiger partial charge in [0.15, 0.2) is 0 Å². The van der Waals surface area contributed by atoms with Crippen molar-refractivity contribution in [3.05, 3.63) is 0 Å². The van der Waals surface area contributed by atoms with E-state index in [4.69, 9.17) is 14.2 Å². The third-order valence-electron chi connectivity index (χ3n) is 10.6. The number of carbonyl (C=O) groups excluding carboxylic acids is 6. The third-order valence-corrected chi connectivity index (χ3v) is 10.6. The molecule has 0 heterocycles. The topological polar surface area (TPSA) is 130 Å². The van der Waals surface area contributed by atoms with Crippen molar-refractivity contribution < 1.29 is 113 Å². The van der Waals surface area contributed by atoms with Crippen LogP contribution in [0.15, 0.2) is 0 Å². The van der Waals surface area contributed by atoms with E-state index in [1.54, 1.807) is 0 Å². The van der Waals surface area contributed by atoms with Gasteiger partial charge in [-0.05, 0) is 38.5 Å². The minimum absolute atomic E-state index is 0. The molecule has 0 bridgehead atoms. The maximum atomic E-state index is 11.6. The number of unbranched alkanes of at least 4 members (excludes halogenated alkanes) is 28. The van der Waals surface area contributed by atoms with E-state index in [9.17, 15) is 28.8 Å². The summed E-state index contributed by atoms with van der Waals surface area (Å²) < 4.78 is 14.4. The number of ether oxygens (including phenoxy) is 3. The summed E-state index contributed by atoms with van der Waals surface area (Å²) in [5.74, 6) is -2.09. The molecule has 0 aromatic heterocycles. The van der Waals surface area contributed by atoms with Crippen LogP contribution in [0.5, 0.6) is 0 Å². The second-order valence-corrected chi connectivity index (χ2v) is 16.9. The van der Waals surface area contributed by atoms with Gasteiger partial charge in [-0.2, -0.15) is 0 Å². The molecule has 0 aromatic rings. The van der Waals surface area contributed by atoms with E-state index in [1.807, 2.05) is 0 Å².